The molecule has 8 heteroatoms. The van der Waals surface area contributed by atoms with E-state index in [1.807, 2.05) is 12.1 Å². The minimum Gasteiger partial charge on any atom is -0.364 e. The number of fused-ring (bicyclic) bond motifs is 1. The molecule has 0 spiro atoms. The fourth-order valence-corrected chi connectivity index (χ4v) is 4.29. The lowest BCUT2D eigenvalue weighted by atomic mass is 9.78. The van der Waals surface area contributed by atoms with E-state index in [2.05, 4.69) is 68.8 Å². The number of aromatic nitrogens is 3. The van der Waals surface area contributed by atoms with Crippen molar-refractivity contribution in [3.05, 3.63) is 71.2 Å². The molecule has 3 N–H and O–H groups in total. The highest BCUT2D eigenvalue weighted by atomic mass is 16.1. The van der Waals surface area contributed by atoms with E-state index in [1.165, 1.54) is 11.1 Å². The molecule has 0 saturated heterocycles. The molecule has 1 amide bonds. The monoisotopic (exact) mass is 431 g/mol. The topological polar surface area (TPSA) is 95.1 Å². The molecule has 8 nitrogen and oxygen atoms in total. The lowest BCUT2D eigenvalue weighted by Gasteiger charge is -2.38. The molecular formula is C24H29N7O. The molecule has 3 heterocycles. The van der Waals surface area contributed by atoms with Crippen LogP contribution in [0.4, 0.5) is 17.5 Å². The number of benzene rings is 1. The summed E-state index contributed by atoms with van der Waals surface area (Å²) in [5, 5.41) is 9.17. The van der Waals surface area contributed by atoms with Gasteiger partial charge in [0.05, 0.1) is 17.8 Å². The Morgan fingerprint density at radius 3 is 2.81 bits per heavy atom. The maximum atomic E-state index is 13.1. The van der Waals surface area contributed by atoms with Crippen molar-refractivity contribution < 1.29 is 4.79 Å². The van der Waals surface area contributed by atoms with Gasteiger partial charge in [0.25, 0.3) is 5.91 Å². The van der Waals surface area contributed by atoms with Crippen molar-refractivity contribution in [3.63, 3.8) is 0 Å². The second-order valence-electron chi connectivity index (χ2n) is 8.76. The molecule has 0 aliphatic carbocycles. The Bertz CT molecular complexity index is 1130. The zero-order valence-electron chi connectivity index (χ0n) is 18.9. The Labute approximate surface area is 188 Å². The first-order valence-electron chi connectivity index (χ1n) is 10.7. The lowest BCUT2D eigenvalue weighted by molar-refractivity contribution is 0.102. The molecule has 166 valence electrons. The van der Waals surface area contributed by atoms with Gasteiger partial charge in [-0.3, -0.25) is 4.79 Å². The molecule has 3 aromatic rings. The van der Waals surface area contributed by atoms with Gasteiger partial charge in [-0.25, -0.2) is 15.0 Å². The van der Waals surface area contributed by atoms with Gasteiger partial charge in [0.15, 0.2) is 0 Å². The van der Waals surface area contributed by atoms with Crippen LogP contribution >= 0.6 is 0 Å². The smallest absolute Gasteiger partial charge is 0.259 e. The predicted octanol–water partition coefficient (Wildman–Crippen LogP) is 3.50. The third-order valence-electron chi connectivity index (χ3n) is 5.62. The van der Waals surface area contributed by atoms with Gasteiger partial charge in [0.1, 0.15) is 5.82 Å². The third kappa shape index (κ3) is 4.70. The molecule has 1 aliphatic heterocycles. The molecule has 0 atom stereocenters. The molecule has 0 unspecified atom stereocenters. The Kier molecular flexibility index (Phi) is 6.05. The Balaban J connectivity index is 1.50. The summed E-state index contributed by atoms with van der Waals surface area (Å²) >= 11 is 0. The average Bonchev–Trinajstić information content (AvgIpc) is 2.77. The van der Waals surface area contributed by atoms with Gasteiger partial charge < -0.3 is 20.9 Å². The van der Waals surface area contributed by atoms with Crippen LogP contribution in [0.15, 0.2) is 48.8 Å². The van der Waals surface area contributed by atoms with Gasteiger partial charge in [-0.05, 0) is 48.5 Å². The molecule has 2 aromatic heterocycles. The minimum absolute atomic E-state index is 0.0828. The van der Waals surface area contributed by atoms with Crippen LogP contribution in [-0.2, 0) is 18.5 Å². The number of anilines is 3. The number of rotatable bonds is 6. The summed E-state index contributed by atoms with van der Waals surface area (Å²) in [6, 6.07) is 11.5. The first-order valence-corrected chi connectivity index (χ1v) is 10.7. The number of hydrogen-bond donors (Lipinski definition) is 3. The van der Waals surface area contributed by atoms with Crippen LogP contribution in [0.1, 0.15) is 41.0 Å². The van der Waals surface area contributed by atoms with Crippen molar-refractivity contribution in [3.8, 4) is 0 Å². The van der Waals surface area contributed by atoms with Gasteiger partial charge >= 0.3 is 0 Å². The second kappa shape index (κ2) is 8.92. The van der Waals surface area contributed by atoms with E-state index in [0.717, 1.165) is 24.5 Å². The van der Waals surface area contributed by atoms with E-state index in [4.69, 9.17) is 0 Å². The van der Waals surface area contributed by atoms with Crippen LogP contribution in [0.25, 0.3) is 0 Å². The summed E-state index contributed by atoms with van der Waals surface area (Å²) in [7, 11) is 3.90. The first kappa shape index (κ1) is 21.7. The minimum atomic E-state index is -0.206. The normalized spacial score (nSPS) is 15.0. The molecule has 0 fully saturated rings. The van der Waals surface area contributed by atoms with Gasteiger partial charge in [-0.15, -0.1) is 0 Å². The van der Waals surface area contributed by atoms with Crippen molar-refractivity contribution in [2.45, 2.75) is 32.4 Å². The molecule has 0 bridgehead atoms. The standard InChI is InChI=1S/C24H29N7O/c1-24(2)15-31(4)14-16-12-17(7-8-20(16)24)29-22(32)19-6-5-10-26-21(19)28-13-18-9-11-27-23(25-3)30-18/h5-12H,13-15H2,1-4H3,(H,26,28)(H,29,32)(H,25,27,30). The molecule has 1 aliphatic rings. The Morgan fingerprint density at radius 1 is 1.16 bits per heavy atom. The van der Waals surface area contributed by atoms with Crippen molar-refractivity contribution in [1.29, 1.82) is 0 Å². The lowest BCUT2D eigenvalue weighted by Crippen LogP contribution is -2.39. The largest absolute Gasteiger partial charge is 0.364 e. The van der Waals surface area contributed by atoms with Crippen molar-refractivity contribution >= 4 is 23.4 Å². The summed E-state index contributed by atoms with van der Waals surface area (Å²) < 4.78 is 0. The van der Waals surface area contributed by atoms with Gasteiger partial charge in [0.2, 0.25) is 5.95 Å². The number of carbonyl (C=O) groups excluding carboxylic acids is 1. The zero-order chi connectivity index (χ0) is 22.7. The maximum Gasteiger partial charge on any atom is 0.259 e. The molecule has 0 saturated carbocycles. The Hall–Kier alpha value is -3.52. The van der Waals surface area contributed by atoms with E-state index >= 15 is 0 Å². The zero-order valence-corrected chi connectivity index (χ0v) is 18.9. The fraction of sp³-hybridized carbons (Fsp3) is 0.333. The number of hydrogen-bond acceptors (Lipinski definition) is 7. The predicted molar refractivity (Wildman–Crippen MR) is 127 cm³/mol. The summed E-state index contributed by atoms with van der Waals surface area (Å²) in [5.74, 6) is 0.848. The van der Waals surface area contributed by atoms with Crippen LogP contribution < -0.4 is 16.0 Å². The number of likely N-dealkylation sites (N-methyl/N-ethyl adjacent to an activating group) is 1. The highest BCUT2D eigenvalue weighted by Crippen LogP contribution is 2.34. The number of amides is 1. The highest BCUT2D eigenvalue weighted by Gasteiger charge is 2.30. The number of nitrogens with one attached hydrogen (secondary N) is 3. The summed E-state index contributed by atoms with van der Waals surface area (Å²) in [6.45, 7) is 6.82. The average molecular weight is 432 g/mol. The fourth-order valence-electron chi connectivity index (χ4n) is 4.29. The second-order valence-corrected chi connectivity index (χ2v) is 8.76. The summed E-state index contributed by atoms with van der Waals surface area (Å²) in [4.78, 5) is 28.2. The molecule has 4 rings (SSSR count). The van der Waals surface area contributed by atoms with E-state index in [-0.39, 0.29) is 11.3 Å². The van der Waals surface area contributed by atoms with E-state index in [0.29, 0.717) is 23.9 Å². The Morgan fingerprint density at radius 2 is 2.00 bits per heavy atom. The van der Waals surface area contributed by atoms with Crippen LogP contribution in [0.2, 0.25) is 0 Å². The van der Waals surface area contributed by atoms with Gasteiger partial charge in [-0.1, -0.05) is 19.9 Å². The number of nitrogens with zero attached hydrogens (tertiary/aromatic N) is 4. The van der Waals surface area contributed by atoms with Crippen LogP contribution in [0.3, 0.4) is 0 Å². The van der Waals surface area contributed by atoms with E-state index in [9.17, 15) is 4.79 Å². The molecule has 32 heavy (non-hydrogen) atoms. The number of carbonyl (C=O) groups is 1. The number of pyridine rings is 1. The van der Waals surface area contributed by atoms with Gasteiger partial charge in [0, 0.05) is 43.6 Å². The molecule has 0 radical (unpaired) electrons. The summed E-state index contributed by atoms with van der Waals surface area (Å²) in [6.07, 6.45) is 3.35. The van der Waals surface area contributed by atoms with Crippen molar-refractivity contribution in [2.24, 2.45) is 0 Å². The highest BCUT2D eigenvalue weighted by molar-refractivity contribution is 6.07. The van der Waals surface area contributed by atoms with Crippen LogP contribution in [0, 0.1) is 0 Å². The third-order valence-corrected chi connectivity index (χ3v) is 5.62. The molecule has 1 aromatic carbocycles. The van der Waals surface area contributed by atoms with Crippen molar-refractivity contribution in [2.75, 3.05) is 36.6 Å². The molecular weight excluding hydrogens is 402 g/mol. The maximum absolute atomic E-state index is 13.1. The van der Waals surface area contributed by atoms with E-state index < -0.39 is 0 Å². The van der Waals surface area contributed by atoms with Crippen LogP contribution in [0.5, 0.6) is 0 Å². The first-order chi connectivity index (χ1) is 15.4. The SMILES string of the molecule is CNc1nccc(CNc2ncccc2C(=O)Nc2ccc3c(c2)CN(C)CC3(C)C)n1. The van der Waals surface area contributed by atoms with Crippen molar-refractivity contribution in [1.82, 2.24) is 19.9 Å². The quantitative estimate of drug-likeness (QED) is 0.550. The summed E-state index contributed by atoms with van der Waals surface area (Å²) in [5.41, 5.74) is 4.72. The van der Waals surface area contributed by atoms with Gasteiger partial charge in [-0.2, -0.15) is 0 Å². The van der Waals surface area contributed by atoms with Crippen LogP contribution in [-0.4, -0.2) is 46.4 Å². The van der Waals surface area contributed by atoms with E-state index in [1.54, 1.807) is 31.6 Å².